The highest BCUT2D eigenvalue weighted by molar-refractivity contribution is 5.80. The molecule has 3 aromatic heterocycles. The molecule has 25 heavy (non-hydrogen) atoms. The minimum absolute atomic E-state index is 0.292. The van der Waals surface area contributed by atoms with Crippen LogP contribution in [-0.2, 0) is 13.0 Å². The number of rotatable bonds is 6. The minimum Gasteiger partial charge on any atom is -0.338 e. The number of hydrogen-bond acceptors (Lipinski definition) is 3. The third-order valence-corrected chi connectivity index (χ3v) is 4.14. The molecule has 0 amide bonds. The second kappa shape index (κ2) is 6.84. The van der Waals surface area contributed by atoms with Crippen LogP contribution >= 0.6 is 0 Å². The van der Waals surface area contributed by atoms with Crippen LogP contribution in [0.15, 0.2) is 55.4 Å². The molecule has 0 aliphatic carbocycles. The first-order valence-corrected chi connectivity index (χ1v) is 8.26. The molecular weight excluding hydrogens is 317 g/mol. The molecule has 0 unspecified atom stereocenters. The van der Waals surface area contributed by atoms with Gasteiger partial charge in [-0.2, -0.15) is 0 Å². The summed E-state index contributed by atoms with van der Waals surface area (Å²) in [5.74, 6) is 0.789. The molecule has 6 heteroatoms. The predicted molar refractivity (Wildman–Crippen MR) is 94.9 cm³/mol. The number of aromatic nitrogens is 5. The average molecular weight is 335 g/mol. The second-order valence-corrected chi connectivity index (χ2v) is 6.05. The first kappa shape index (κ1) is 15.5. The van der Waals surface area contributed by atoms with Crippen molar-refractivity contribution in [3.05, 3.63) is 66.5 Å². The van der Waals surface area contributed by atoms with Crippen molar-refractivity contribution in [3.8, 4) is 11.4 Å². The summed E-state index contributed by atoms with van der Waals surface area (Å²) in [5.41, 5.74) is 5.00. The van der Waals surface area contributed by atoms with E-state index in [1.165, 1.54) is 0 Å². The summed E-state index contributed by atoms with van der Waals surface area (Å²) < 4.78 is 14.4. The summed E-state index contributed by atoms with van der Waals surface area (Å²) in [6.45, 7) is 0.424. The molecule has 0 fully saturated rings. The van der Waals surface area contributed by atoms with E-state index in [-0.39, 0.29) is 6.67 Å². The van der Waals surface area contributed by atoms with Crippen molar-refractivity contribution < 1.29 is 4.39 Å². The zero-order valence-corrected chi connectivity index (χ0v) is 13.7. The largest absolute Gasteiger partial charge is 0.338 e. The summed E-state index contributed by atoms with van der Waals surface area (Å²) in [7, 11) is 0. The van der Waals surface area contributed by atoms with Crippen LogP contribution in [0.3, 0.4) is 0 Å². The number of aromatic amines is 1. The van der Waals surface area contributed by atoms with Gasteiger partial charge in [0, 0.05) is 30.4 Å². The van der Waals surface area contributed by atoms with E-state index in [0.717, 1.165) is 40.0 Å². The van der Waals surface area contributed by atoms with Gasteiger partial charge in [-0.1, -0.05) is 6.07 Å². The van der Waals surface area contributed by atoms with E-state index in [1.54, 1.807) is 18.7 Å². The number of nitrogens with zero attached hydrogens (tertiary/aromatic N) is 4. The van der Waals surface area contributed by atoms with Crippen molar-refractivity contribution in [2.24, 2.45) is 0 Å². The van der Waals surface area contributed by atoms with Crippen molar-refractivity contribution >= 4 is 11.0 Å². The minimum atomic E-state index is -0.292. The zero-order valence-electron chi connectivity index (χ0n) is 13.7. The van der Waals surface area contributed by atoms with Gasteiger partial charge in [-0.05, 0) is 42.2 Å². The van der Waals surface area contributed by atoms with E-state index in [2.05, 4.69) is 26.0 Å². The van der Waals surface area contributed by atoms with Gasteiger partial charge in [0.25, 0.3) is 0 Å². The van der Waals surface area contributed by atoms with E-state index >= 15 is 0 Å². The fraction of sp³-hybridized carbons (Fsp3) is 0.211. The maximum absolute atomic E-state index is 12.4. The van der Waals surface area contributed by atoms with Crippen LogP contribution in [0.5, 0.6) is 0 Å². The molecule has 0 aliphatic rings. The Hall–Kier alpha value is -3.02. The fourth-order valence-corrected chi connectivity index (χ4v) is 2.91. The number of pyridine rings is 1. The molecule has 126 valence electrons. The molecule has 4 rings (SSSR count). The molecular formula is C19H18FN5. The van der Waals surface area contributed by atoms with Crippen LogP contribution in [0.25, 0.3) is 22.4 Å². The molecule has 0 spiro atoms. The van der Waals surface area contributed by atoms with Crippen molar-refractivity contribution in [1.82, 2.24) is 24.5 Å². The topological polar surface area (TPSA) is 59.4 Å². The van der Waals surface area contributed by atoms with Crippen LogP contribution in [-0.4, -0.2) is 31.2 Å². The Morgan fingerprint density at radius 2 is 2.04 bits per heavy atom. The summed E-state index contributed by atoms with van der Waals surface area (Å²) in [6, 6.07) is 8.12. The number of benzene rings is 1. The van der Waals surface area contributed by atoms with Gasteiger partial charge in [0.1, 0.15) is 5.82 Å². The van der Waals surface area contributed by atoms with E-state index < -0.39 is 0 Å². The highest BCUT2D eigenvalue weighted by Gasteiger charge is 2.08. The Balaban J connectivity index is 1.62. The lowest BCUT2D eigenvalue weighted by atomic mass is 10.1. The molecule has 0 radical (unpaired) electrons. The SMILES string of the molecule is FCCCc1ccc2[nH]c(-c3cncc(Cn4ccnc4)c3)nc2c1. The number of fused-ring (bicyclic) bond motifs is 1. The standard InChI is InChI=1S/C19H18FN5/c20-5-1-2-14-3-4-17-18(9-14)24-19(23-17)16-8-15(10-22-11-16)12-25-7-6-21-13-25/h3-4,6-11,13H,1-2,5,12H2,(H,23,24). The van der Waals surface area contributed by atoms with Gasteiger partial charge in [0.05, 0.1) is 30.6 Å². The number of hydrogen-bond donors (Lipinski definition) is 1. The first-order valence-electron chi connectivity index (χ1n) is 8.26. The molecule has 1 N–H and O–H groups in total. The average Bonchev–Trinajstić information content (AvgIpc) is 3.29. The normalized spacial score (nSPS) is 11.2. The van der Waals surface area contributed by atoms with Crippen LogP contribution in [0.1, 0.15) is 17.5 Å². The third-order valence-electron chi connectivity index (χ3n) is 4.14. The molecule has 0 bridgehead atoms. The molecule has 5 nitrogen and oxygen atoms in total. The van der Waals surface area contributed by atoms with E-state index in [0.29, 0.717) is 13.0 Å². The molecule has 0 aliphatic heterocycles. The Morgan fingerprint density at radius 1 is 1.08 bits per heavy atom. The van der Waals surface area contributed by atoms with Crippen molar-refractivity contribution in [3.63, 3.8) is 0 Å². The van der Waals surface area contributed by atoms with Gasteiger partial charge < -0.3 is 9.55 Å². The van der Waals surface area contributed by atoms with Gasteiger partial charge in [0.2, 0.25) is 0 Å². The summed E-state index contributed by atoms with van der Waals surface area (Å²) in [6.07, 6.45) is 10.4. The van der Waals surface area contributed by atoms with Crippen molar-refractivity contribution in [1.29, 1.82) is 0 Å². The monoisotopic (exact) mass is 335 g/mol. The lowest BCUT2D eigenvalue weighted by Gasteiger charge is -2.03. The molecule has 3 heterocycles. The maximum Gasteiger partial charge on any atom is 0.140 e. The number of imidazole rings is 2. The second-order valence-electron chi connectivity index (χ2n) is 6.05. The van der Waals surface area contributed by atoms with Crippen LogP contribution < -0.4 is 0 Å². The van der Waals surface area contributed by atoms with Gasteiger partial charge in [-0.25, -0.2) is 9.97 Å². The number of alkyl halides is 1. The molecule has 0 saturated heterocycles. The van der Waals surface area contributed by atoms with Crippen molar-refractivity contribution in [2.45, 2.75) is 19.4 Å². The van der Waals surface area contributed by atoms with E-state index in [4.69, 9.17) is 0 Å². The fourth-order valence-electron chi connectivity index (χ4n) is 2.91. The molecule has 0 atom stereocenters. The number of halogens is 1. The van der Waals surface area contributed by atoms with E-state index in [1.807, 2.05) is 35.2 Å². The van der Waals surface area contributed by atoms with Crippen molar-refractivity contribution in [2.75, 3.05) is 6.67 Å². The number of H-pyrrole nitrogens is 1. The zero-order chi connectivity index (χ0) is 17.1. The predicted octanol–water partition coefficient (Wildman–Crippen LogP) is 3.77. The Labute approximate surface area is 144 Å². The highest BCUT2D eigenvalue weighted by Crippen LogP contribution is 2.22. The molecule has 1 aromatic carbocycles. The molecule has 4 aromatic rings. The number of aryl methyl sites for hydroxylation is 1. The lowest BCUT2D eigenvalue weighted by Crippen LogP contribution is -1.97. The molecule has 0 saturated carbocycles. The van der Waals surface area contributed by atoms with Gasteiger partial charge in [0.15, 0.2) is 0 Å². The van der Waals surface area contributed by atoms with Gasteiger partial charge in [-0.15, -0.1) is 0 Å². The quantitative estimate of drug-likeness (QED) is 0.583. The third kappa shape index (κ3) is 3.42. The van der Waals surface area contributed by atoms with Gasteiger partial charge >= 0.3 is 0 Å². The van der Waals surface area contributed by atoms with E-state index in [9.17, 15) is 4.39 Å². The number of nitrogens with one attached hydrogen (secondary N) is 1. The summed E-state index contributed by atoms with van der Waals surface area (Å²) >= 11 is 0. The Bertz CT molecular complexity index is 975. The van der Waals surface area contributed by atoms with Crippen LogP contribution in [0.4, 0.5) is 4.39 Å². The highest BCUT2D eigenvalue weighted by atomic mass is 19.1. The van der Waals surface area contributed by atoms with Gasteiger partial charge in [-0.3, -0.25) is 9.37 Å². The summed E-state index contributed by atoms with van der Waals surface area (Å²) in [5, 5.41) is 0. The maximum atomic E-state index is 12.4. The lowest BCUT2D eigenvalue weighted by molar-refractivity contribution is 0.473. The first-order chi connectivity index (χ1) is 12.3. The van der Waals surface area contributed by atoms with Crippen LogP contribution in [0, 0.1) is 0 Å². The Kier molecular flexibility index (Phi) is 4.24. The Morgan fingerprint density at radius 3 is 2.88 bits per heavy atom. The van der Waals surface area contributed by atoms with Crippen LogP contribution in [0.2, 0.25) is 0 Å². The summed E-state index contributed by atoms with van der Waals surface area (Å²) in [4.78, 5) is 16.4. The smallest absolute Gasteiger partial charge is 0.140 e.